The Morgan fingerprint density at radius 3 is 2.31 bits per heavy atom. The van der Waals surface area contributed by atoms with E-state index in [-0.39, 0.29) is 5.69 Å². The van der Waals surface area contributed by atoms with Crippen LogP contribution in [0, 0.1) is 0 Å². The Balaban J connectivity index is 3.61. The lowest BCUT2D eigenvalue weighted by atomic mass is 10.0. The van der Waals surface area contributed by atoms with Crippen LogP contribution in [-0.4, -0.2) is 12.9 Å². The maximum atomic E-state index is 12.7. The Bertz CT molecular complexity index is 427. The van der Waals surface area contributed by atoms with E-state index < -0.39 is 28.8 Å². The van der Waals surface area contributed by atoms with Gasteiger partial charge in [0.05, 0.1) is 12.8 Å². The van der Waals surface area contributed by atoms with Crippen LogP contribution in [0.3, 0.4) is 0 Å². The van der Waals surface area contributed by atoms with Crippen LogP contribution in [0.5, 0.6) is 5.75 Å². The van der Waals surface area contributed by atoms with Crippen molar-refractivity contribution in [1.29, 1.82) is 0 Å². The zero-order valence-electron chi connectivity index (χ0n) is 8.68. The van der Waals surface area contributed by atoms with Crippen molar-refractivity contribution in [2.75, 3.05) is 12.8 Å². The number of ketones is 1. The molecule has 1 rings (SSSR count). The topological polar surface area (TPSA) is 52.3 Å². The number of carbonyl (C=O) groups is 1. The van der Waals surface area contributed by atoms with E-state index in [0.717, 1.165) is 20.1 Å². The number of ether oxygens (including phenoxy) is 1. The van der Waals surface area contributed by atoms with Gasteiger partial charge in [-0.15, -0.1) is 0 Å². The molecule has 0 aliphatic rings. The summed E-state index contributed by atoms with van der Waals surface area (Å²) in [5, 5.41) is 0. The molecular formula is C10H10F3NO2. The van der Waals surface area contributed by atoms with Gasteiger partial charge in [0.25, 0.3) is 0 Å². The van der Waals surface area contributed by atoms with Crippen LogP contribution >= 0.6 is 0 Å². The van der Waals surface area contributed by atoms with E-state index in [2.05, 4.69) is 4.74 Å². The van der Waals surface area contributed by atoms with Crippen LogP contribution in [-0.2, 0) is 6.18 Å². The fourth-order valence-electron chi connectivity index (χ4n) is 1.39. The summed E-state index contributed by atoms with van der Waals surface area (Å²) >= 11 is 0. The number of benzene rings is 1. The van der Waals surface area contributed by atoms with Crippen LogP contribution in [0.2, 0.25) is 0 Å². The molecule has 3 nitrogen and oxygen atoms in total. The molecule has 0 bridgehead atoms. The highest BCUT2D eigenvalue weighted by atomic mass is 19.4. The van der Waals surface area contributed by atoms with Gasteiger partial charge in [0.15, 0.2) is 11.5 Å². The largest absolute Gasteiger partial charge is 0.494 e. The number of nitrogen functional groups attached to an aromatic ring is 1. The second-order valence-corrected chi connectivity index (χ2v) is 3.16. The van der Waals surface area contributed by atoms with E-state index in [0.29, 0.717) is 0 Å². The molecule has 6 heteroatoms. The van der Waals surface area contributed by atoms with Crippen LogP contribution in [0.25, 0.3) is 0 Å². The summed E-state index contributed by atoms with van der Waals surface area (Å²) < 4.78 is 42.8. The summed E-state index contributed by atoms with van der Waals surface area (Å²) in [7, 11) is 1.07. The monoisotopic (exact) mass is 233 g/mol. The fraction of sp³-hybridized carbons (Fsp3) is 0.300. The number of anilines is 1. The van der Waals surface area contributed by atoms with E-state index in [9.17, 15) is 18.0 Å². The molecule has 1 aromatic rings. The molecule has 0 amide bonds. The van der Waals surface area contributed by atoms with Gasteiger partial charge >= 0.3 is 6.18 Å². The molecule has 0 saturated carbocycles. The quantitative estimate of drug-likeness (QED) is 0.630. The third-order valence-corrected chi connectivity index (χ3v) is 2.06. The smallest absolute Gasteiger partial charge is 0.420 e. The van der Waals surface area contributed by atoms with Gasteiger partial charge in [-0.05, 0) is 19.1 Å². The van der Waals surface area contributed by atoms with Gasteiger partial charge in [0.2, 0.25) is 0 Å². The highest BCUT2D eigenvalue weighted by molar-refractivity contribution is 5.97. The second kappa shape index (κ2) is 4.03. The Morgan fingerprint density at radius 2 is 1.94 bits per heavy atom. The third-order valence-electron chi connectivity index (χ3n) is 2.06. The average Bonchev–Trinajstić information content (AvgIpc) is 2.15. The van der Waals surface area contributed by atoms with E-state index in [1.807, 2.05) is 0 Å². The van der Waals surface area contributed by atoms with E-state index >= 15 is 0 Å². The first-order valence-corrected chi connectivity index (χ1v) is 4.33. The molecule has 0 atom stereocenters. The first kappa shape index (κ1) is 12.4. The zero-order valence-corrected chi connectivity index (χ0v) is 8.68. The number of methoxy groups -OCH3 is 1. The van der Waals surface area contributed by atoms with Gasteiger partial charge in [-0.3, -0.25) is 4.79 Å². The summed E-state index contributed by atoms with van der Waals surface area (Å²) in [6.45, 7) is 1.06. The number of hydrogen-bond donors (Lipinski definition) is 1. The van der Waals surface area contributed by atoms with Gasteiger partial charge in [-0.2, -0.15) is 13.2 Å². The number of alkyl halides is 3. The molecule has 1 aromatic carbocycles. The lowest BCUT2D eigenvalue weighted by molar-refractivity contribution is -0.139. The van der Waals surface area contributed by atoms with Gasteiger partial charge in [-0.25, -0.2) is 0 Å². The molecule has 0 heterocycles. The Hall–Kier alpha value is -1.72. The number of halogens is 3. The SMILES string of the molecule is COc1c(N)ccc(C(C)=O)c1C(F)(F)F. The summed E-state index contributed by atoms with van der Waals surface area (Å²) in [5.74, 6) is -1.20. The Morgan fingerprint density at radius 1 is 1.38 bits per heavy atom. The highest BCUT2D eigenvalue weighted by Crippen LogP contribution is 2.41. The maximum Gasteiger partial charge on any atom is 0.420 e. The minimum absolute atomic E-state index is 0.153. The van der Waals surface area contributed by atoms with Crippen molar-refractivity contribution in [3.05, 3.63) is 23.3 Å². The van der Waals surface area contributed by atoms with Gasteiger partial charge < -0.3 is 10.5 Å². The number of rotatable bonds is 2. The minimum Gasteiger partial charge on any atom is -0.494 e. The zero-order chi connectivity index (χ0) is 12.5. The van der Waals surface area contributed by atoms with Crippen molar-refractivity contribution < 1.29 is 22.7 Å². The highest BCUT2D eigenvalue weighted by Gasteiger charge is 2.39. The molecule has 0 aromatic heterocycles. The third kappa shape index (κ3) is 2.10. The second-order valence-electron chi connectivity index (χ2n) is 3.16. The van der Waals surface area contributed by atoms with Gasteiger partial charge in [-0.1, -0.05) is 0 Å². The number of nitrogens with two attached hydrogens (primary N) is 1. The fourth-order valence-corrected chi connectivity index (χ4v) is 1.39. The van der Waals surface area contributed by atoms with Crippen molar-refractivity contribution >= 4 is 11.5 Å². The van der Waals surface area contributed by atoms with E-state index in [4.69, 9.17) is 5.73 Å². The van der Waals surface area contributed by atoms with Crippen molar-refractivity contribution in [3.8, 4) is 5.75 Å². The first-order valence-electron chi connectivity index (χ1n) is 4.33. The van der Waals surface area contributed by atoms with Crippen LogP contribution in [0.4, 0.5) is 18.9 Å². The predicted octanol–water partition coefficient (Wildman–Crippen LogP) is 2.50. The van der Waals surface area contributed by atoms with E-state index in [1.54, 1.807) is 0 Å². The molecule has 88 valence electrons. The van der Waals surface area contributed by atoms with E-state index in [1.165, 1.54) is 6.07 Å². The molecule has 0 fully saturated rings. The molecule has 0 aliphatic heterocycles. The summed E-state index contributed by atoms with van der Waals surface area (Å²) in [5.41, 5.74) is 3.64. The van der Waals surface area contributed by atoms with Crippen LogP contribution < -0.4 is 10.5 Å². The molecule has 0 saturated heterocycles. The lowest BCUT2D eigenvalue weighted by Crippen LogP contribution is -2.14. The standard InChI is InChI=1S/C10H10F3NO2/c1-5(15)6-3-4-7(14)9(16-2)8(6)10(11,12)13/h3-4H,14H2,1-2H3. The maximum absolute atomic E-state index is 12.7. The van der Waals surface area contributed by atoms with Crippen LogP contribution in [0.15, 0.2) is 12.1 Å². The predicted molar refractivity (Wildman–Crippen MR) is 52.4 cm³/mol. The van der Waals surface area contributed by atoms with Crippen LogP contribution in [0.1, 0.15) is 22.8 Å². The van der Waals surface area contributed by atoms with Crippen molar-refractivity contribution in [3.63, 3.8) is 0 Å². The minimum atomic E-state index is -4.68. The van der Waals surface area contributed by atoms with Crippen molar-refractivity contribution in [1.82, 2.24) is 0 Å². The first-order chi connectivity index (χ1) is 7.29. The number of carbonyl (C=O) groups excluding carboxylic acids is 1. The van der Waals surface area contributed by atoms with Crippen molar-refractivity contribution in [2.45, 2.75) is 13.1 Å². The number of Topliss-reactive ketones (excluding diaryl/α,β-unsaturated/α-hetero) is 1. The average molecular weight is 233 g/mol. The molecule has 0 unspecified atom stereocenters. The number of hydrogen-bond acceptors (Lipinski definition) is 3. The summed E-state index contributed by atoms with van der Waals surface area (Å²) in [6, 6.07) is 2.26. The molecule has 0 aliphatic carbocycles. The summed E-state index contributed by atoms with van der Waals surface area (Å²) in [6.07, 6.45) is -4.68. The van der Waals surface area contributed by atoms with Crippen molar-refractivity contribution in [2.24, 2.45) is 0 Å². The normalized spacial score (nSPS) is 11.3. The van der Waals surface area contributed by atoms with Gasteiger partial charge in [0.1, 0.15) is 5.56 Å². The lowest BCUT2D eigenvalue weighted by Gasteiger charge is -2.16. The van der Waals surface area contributed by atoms with Gasteiger partial charge in [0, 0.05) is 5.56 Å². The Labute approximate surface area is 90.0 Å². The molecule has 16 heavy (non-hydrogen) atoms. The Kier molecular flexibility index (Phi) is 3.11. The molecule has 2 N–H and O–H groups in total. The molecular weight excluding hydrogens is 223 g/mol. The molecule has 0 spiro atoms. The summed E-state index contributed by atoms with van der Waals surface area (Å²) in [4.78, 5) is 11.1. The molecule has 0 radical (unpaired) electrons.